The Morgan fingerprint density at radius 3 is 2.55 bits per heavy atom. The van der Waals surface area contributed by atoms with Crippen LogP contribution in [0.1, 0.15) is 47.8 Å². The maximum absolute atomic E-state index is 13.0. The number of carbonyl (C=O) groups is 2. The van der Waals surface area contributed by atoms with E-state index in [1.54, 1.807) is 23.3 Å². The standard InChI is InChI=1S/C22H26BrN3O3/c23-17-9-7-16(8-10-17)22(28)26-13-3-5-18(26)21(27)24-15-19(20-6-4-14-29-20)25-11-1-2-12-25/h4,6-10,14,18-19H,1-3,5,11-13,15H2,(H,24,27). The Kier molecular flexibility index (Phi) is 6.35. The Bertz CT molecular complexity index is 831. The van der Waals surface area contributed by atoms with Gasteiger partial charge in [-0.05, 0) is 75.2 Å². The summed E-state index contributed by atoms with van der Waals surface area (Å²) < 4.78 is 6.56. The van der Waals surface area contributed by atoms with Crippen molar-refractivity contribution in [2.24, 2.45) is 0 Å². The van der Waals surface area contributed by atoms with Gasteiger partial charge < -0.3 is 14.6 Å². The lowest BCUT2D eigenvalue weighted by Gasteiger charge is -2.28. The zero-order valence-electron chi connectivity index (χ0n) is 16.4. The molecule has 3 heterocycles. The van der Waals surface area contributed by atoms with Crippen LogP contribution in [0.3, 0.4) is 0 Å². The fourth-order valence-electron chi connectivity index (χ4n) is 4.30. The van der Waals surface area contributed by atoms with Crippen LogP contribution >= 0.6 is 15.9 Å². The number of nitrogens with zero attached hydrogens (tertiary/aromatic N) is 2. The molecule has 1 N–H and O–H groups in total. The number of furan rings is 1. The minimum Gasteiger partial charge on any atom is -0.468 e. The number of benzene rings is 1. The maximum Gasteiger partial charge on any atom is 0.254 e. The van der Waals surface area contributed by atoms with Crippen LogP contribution in [0.2, 0.25) is 0 Å². The molecular weight excluding hydrogens is 434 g/mol. The number of nitrogens with one attached hydrogen (secondary N) is 1. The first-order valence-corrected chi connectivity index (χ1v) is 11.0. The smallest absolute Gasteiger partial charge is 0.254 e. The third-order valence-corrected chi connectivity index (χ3v) is 6.36. The molecule has 2 atom stereocenters. The highest BCUT2D eigenvalue weighted by molar-refractivity contribution is 9.10. The van der Waals surface area contributed by atoms with Gasteiger partial charge in [0.1, 0.15) is 11.8 Å². The second-order valence-corrected chi connectivity index (χ2v) is 8.60. The van der Waals surface area contributed by atoms with E-state index in [0.717, 1.165) is 29.7 Å². The molecule has 29 heavy (non-hydrogen) atoms. The molecule has 7 heteroatoms. The van der Waals surface area contributed by atoms with Gasteiger partial charge >= 0.3 is 0 Å². The van der Waals surface area contributed by atoms with Crippen molar-refractivity contribution in [3.63, 3.8) is 0 Å². The molecule has 2 aliphatic heterocycles. The van der Waals surface area contributed by atoms with Crippen molar-refractivity contribution in [1.82, 2.24) is 15.1 Å². The quantitative estimate of drug-likeness (QED) is 0.716. The number of hydrogen-bond donors (Lipinski definition) is 1. The molecule has 0 radical (unpaired) electrons. The maximum atomic E-state index is 13.0. The Morgan fingerprint density at radius 2 is 1.86 bits per heavy atom. The average molecular weight is 460 g/mol. The summed E-state index contributed by atoms with van der Waals surface area (Å²) in [6.45, 7) is 3.13. The van der Waals surface area contributed by atoms with Gasteiger partial charge in [0.15, 0.2) is 0 Å². The first-order valence-electron chi connectivity index (χ1n) is 10.2. The molecule has 1 aromatic heterocycles. The highest BCUT2D eigenvalue weighted by atomic mass is 79.9. The monoisotopic (exact) mass is 459 g/mol. The summed E-state index contributed by atoms with van der Waals surface area (Å²) in [5.74, 6) is 0.711. The van der Waals surface area contributed by atoms with Crippen molar-refractivity contribution < 1.29 is 14.0 Å². The van der Waals surface area contributed by atoms with Crippen molar-refractivity contribution in [3.05, 3.63) is 58.5 Å². The molecule has 2 amide bonds. The lowest BCUT2D eigenvalue weighted by atomic mass is 10.1. The Balaban J connectivity index is 1.41. The number of hydrogen-bond acceptors (Lipinski definition) is 4. The van der Waals surface area contributed by atoms with Crippen molar-refractivity contribution in [2.45, 2.75) is 37.8 Å². The molecule has 2 unspecified atom stereocenters. The molecule has 2 aliphatic rings. The molecular formula is C22H26BrN3O3. The predicted molar refractivity (Wildman–Crippen MR) is 113 cm³/mol. The van der Waals surface area contributed by atoms with Crippen LogP contribution < -0.4 is 5.32 Å². The molecule has 0 saturated carbocycles. The normalized spacial score (nSPS) is 20.7. The van der Waals surface area contributed by atoms with E-state index in [-0.39, 0.29) is 17.9 Å². The van der Waals surface area contributed by atoms with Gasteiger partial charge in [-0.25, -0.2) is 0 Å². The van der Waals surface area contributed by atoms with Crippen LogP contribution in [-0.2, 0) is 4.79 Å². The molecule has 2 saturated heterocycles. The van der Waals surface area contributed by atoms with E-state index in [2.05, 4.69) is 26.1 Å². The van der Waals surface area contributed by atoms with E-state index in [4.69, 9.17) is 4.42 Å². The number of halogens is 1. The number of carbonyl (C=O) groups excluding carboxylic acids is 2. The first kappa shape index (κ1) is 20.2. The average Bonchev–Trinajstić information content (AvgIpc) is 3.50. The lowest BCUT2D eigenvalue weighted by Crippen LogP contribution is -2.47. The van der Waals surface area contributed by atoms with Crippen LogP contribution in [0.15, 0.2) is 51.6 Å². The number of amides is 2. The fraction of sp³-hybridized carbons (Fsp3) is 0.455. The van der Waals surface area contributed by atoms with Crippen LogP contribution in [0, 0.1) is 0 Å². The Labute approximate surface area is 179 Å². The topological polar surface area (TPSA) is 65.8 Å². The molecule has 2 fully saturated rings. The highest BCUT2D eigenvalue weighted by Gasteiger charge is 2.35. The molecule has 1 aromatic carbocycles. The minimum absolute atomic E-state index is 0.0356. The second kappa shape index (κ2) is 9.13. The third-order valence-electron chi connectivity index (χ3n) is 5.83. The van der Waals surface area contributed by atoms with Crippen LogP contribution in [0.5, 0.6) is 0 Å². The fourth-order valence-corrected chi connectivity index (χ4v) is 4.56. The van der Waals surface area contributed by atoms with Crippen LogP contribution in [0.4, 0.5) is 0 Å². The Hall–Kier alpha value is -2.12. The van der Waals surface area contributed by atoms with Gasteiger partial charge in [-0.15, -0.1) is 0 Å². The van der Waals surface area contributed by atoms with Gasteiger partial charge in [-0.1, -0.05) is 15.9 Å². The van der Waals surface area contributed by atoms with Gasteiger partial charge in [0.05, 0.1) is 12.3 Å². The summed E-state index contributed by atoms with van der Waals surface area (Å²) in [6, 6.07) is 10.8. The molecule has 2 aromatic rings. The summed E-state index contributed by atoms with van der Waals surface area (Å²) in [4.78, 5) is 30.0. The zero-order chi connectivity index (χ0) is 20.2. The summed E-state index contributed by atoms with van der Waals surface area (Å²) in [5, 5.41) is 3.09. The molecule has 0 aliphatic carbocycles. The van der Waals surface area contributed by atoms with Gasteiger partial charge in [0.25, 0.3) is 5.91 Å². The van der Waals surface area contributed by atoms with E-state index in [1.807, 2.05) is 24.3 Å². The second-order valence-electron chi connectivity index (χ2n) is 7.68. The predicted octanol–water partition coefficient (Wildman–Crippen LogP) is 3.60. The van der Waals surface area contributed by atoms with Crippen LogP contribution in [-0.4, -0.2) is 53.8 Å². The molecule has 0 bridgehead atoms. The van der Waals surface area contributed by atoms with E-state index in [1.165, 1.54) is 12.8 Å². The SMILES string of the molecule is O=C(NCC(c1ccco1)N1CCCC1)C1CCCN1C(=O)c1ccc(Br)cc1. The van der Waals surface area contributed by atoms with Gasteiger partial charge in [-0.3, -0.25) is 14.5 Å². The number of likely N-dealkylation sites (tertiary alicyclic amines) is 2. The summed E-state index contributed by atoms with van der Waals surface area (Å²) in [5.41, 5.74) is 0.610. The van der Waals surface area contributed by atoms with Crippen molar-refractivity contribution >= 4 is 27.7 Å². The summed E-state index contributed by atoms with van der Waals surface area (Å²) in [6.07, 6.45) is 5.56. The lowest BCUT2D eigenvalue weighted by molar-refractivity contribution is -0.125. The Morgan fingerprint density at radius 1 is 1.10 bits per heavy atom. The van der Waals surface area contributed by atoms with Crippen molar-refractivity contribution in [2.75, 3.05) is 26.2 Å². The van der Waals surface area contributed by atoms with Crippen LogP contribution in [0.25, 0.3) is 0 Å². The largest absolute Gasteiger partial charge is 0.468 e. The first-order chi connectivity index (χ1) is 14.1. The zero-order valence-corrected chi connectivity index (χ0v) is 17.9. The summed E-state index contributed by atoms with van der Waals surface area (Å²) in [7, 11) is 0. The van der Waals surface area contributed by atoms with Gasteiger partial charge in [-0.2, -0.15) is 0 Å². The van der Waals surface area contributed by atoms with E-state index < -0.39 is 6.04 Å². The molecule has 0 spiro atoms. The minimum atomic E-state index is -0.415. The number of rotatable bonds is 6. The van der Waals surface area contributed by atoms with Crippen molar-refractivity contribution in [3.8, 4) is 0 Å². The molecule has 154 valence electrons. The van der Waals surface area contributed by atoms with E-state index in [9.17, 15) is 9.59 Å². The van der Waals surface area contributed by atoms with Crippen molar-refractivity contribution in [1.29, 1.82) is 0 Å². The van der Waals surface area contributed by atoms with Gasteiger partial charge in [0.2, 0.25) is 5.91 Å². The molecule has 4 rings (SSSR count). The van der Waals surface area contributed by atoms with E-state index >= 15 is 0 Å². The van der Waals surface area contributed by atoms with E-state index in [0.29, 0.717) is 25.1 Å². The third kappa shape index (κ3) is 4.56. The van der Waals surface area contributed by atoms with Gasteiger partial charge in [0, 0.05) is 23.1 Å². The highest BCUT2D eigenvalue weighted by Crippen LogP contribution is 2.26. The molecule has 6 nitrogen and oxygen atoms in total. The summed E-state index contributed by atoms with van der Waals surface area (Å²) >= 11 is 3.39.